The Balaban J connectivity index is 2.70. The lowest BCUT2D eigenvalue weighted by Crippen LogP contribution is -2.33. The second-order valence-corrected chi connectivity index (χ2v) is 7.90. The minimum atomic E-state index is -3.70. The van der Waals surface area contributed by atoms with E-state index in [0.29, 0.717) is 12.1 Å². The lowest BCUT2D eigenvalue weighted by atomic mass is 10.4. The van der Waals surface area contributed by atoms with E-state index in [0.717, 1.165) is 8.02 Å². The van der Waals surface area contributed by atoms with Crippen LogP contribution < -0.4 is 5.48 Å². The molecule has 0 fully saturated rings. The summed E-state index contributed by atoms with van der Waals surface area (Å²) in [5.74, 6) is 0. The number of sulfonamides is 1. The van der Waals surface area contributed by atoms with E-state index in [1.54, 1.807) is 25.1 Å². The lowest BCUT2D eigenvalue weighted by Gasteiger charge is -2.21. The zero-order valence-electron chi connectivity index (χ0n) is 11.6. The van der Waals surface area contributed by atoms with Crippen LogP contribution in [0.3, 0.4) is 0 Å². The average molecular weight is 349 g/mol. The number of rotatable bonds is 4. The number of hydroxylamine groups is 1. The Kier molecular flexibility index (Phi) is 6.40. The predicted octanol–water partition coefficient (Wildman–Crippen LogP) is 1.79. The number of hydrogen-bond acceptors (Lipinski definition) is 6. The third-order valence-electron chi connectivity index (χ3n) is 2.16. The fraction of sp³-hybridized carbons (Fsp3) is 0.273. The molecule has 116 valence electrons. The highest BCUT2D eigenvalue weighted by atomic mass is 32.3. The van der Waals surface area contributed by atoms with Gasteiger partial charge in [0.1, 0.15) is 4.99 Å². The molecule has 7 nitrogen and oxygen atoms in total. The fourth-order valence-electron chi connectivity index (χ4n) is 1.17. The van der Waals surface area contributed by atoms with Gasteiger partial charge in [0.15, 0.2) is 0 Å². The van der Waals surface area contributed by atoms with Gasteiger partial charge in [0.05, 0.1) is 17.0 Å². The molecule has 1 amide bonds. The number of thiocarbonyl (C=S) groups is 1. The van der Waals surface area contributed by atoms with E-state index < -0.39 is 16.1 Å². The SMILES string of the molecule is CC(=S)NOC(=O)N(C)SN(C)S(=O)(=O)c1ccccc1. The Morgan fingerprint density at radius 3 is 2.38 bits per heavy atom. The number of benzene rings is 1. The van der Waals surface area contributed by atoms with Gasteiger partial charge in [-0.05, 0) is 19.1 Å². The van der Waals surface area contributed by atoms with Crippen LogP contribution >= 0.6 is 24.4 Å². The first-order valence-corrected chi connectivity index (χ1v) is 8.26. The van der Waals surface area contributed by atoms with Crippen molar-refractivity contribution in [1.29, 1.82) is 0 Å². The van der Waals surface area contributed by atoms with Crippen molar-refractivity contribution in [3.8, 4) is 0 Å². The maximum Gasteiger partial charge on any atom is 0.444 e. The van der Waals surface area contributed by atoms with Gasteiger partial charge in [0.2, 0.25) is 0 Å². The molecule has 0 saturated heterocycles. The van der Waals surface area contributed by atoms with E-state index in [1.807, 2.05) is 0 Å². The number of nitrogens with one attached hydrogen (secondary N) is 1. The van der Waals surface area contributed by atoms with Crippen LogP contribution in [-0.2, 0) is 14.9 Å². The molecule has 0 aliphatic heterocycles. The second kappa shape index (κ2) is 7.59. The van der Waals surface area contributed by atoms with E-state index in [9.17, 15) is 13.2 Å². The monoisotopic (exact) mass is 349 g/mol. The summed E-state index contributed by atoms with van der Waals surface area (Å²) in [7, 11) is -0.977. The van der Waals surface area contributed by atoms with Gasteiger partial charge in [-0.25, -0.2) is 23.0 Å². The molecule has 1 aromatic carbocycles. The number of amides is 1. The molecular formula is C11H15N3O4S3. The summed E-state index contributed by atoms with van der Waals surface area (Å²) in [6, 6.07) is 7.91. The highest BCUT2D eigenvalue weighted by molar-refractivity contribution is 8.07. The van der Waals surface area contributed by atoms with Crippen LogP contribution in [0.5, 0.6) is 0 Å². The maximum atomic E-state index is 12.2. The first kappa shape index (κ1) is 17.7. The minimum absolute atomic E-state index is 0.134. The zero-order chi connectivity index (χ0) is 16.0. The Bertz CT molecular complexity index is 606. The second-order valence-electron chi connectivity index (χ2n) is 3.83. The first-order chi connectivity index (χ1) is 9.75. The smallest absolute Gasteiger partial charge is 0.323 e. The quantitative estimate of drug-likeness (QED) is 0.504. The van der Waals surface area contributed by atoms with Gasteiger partial charge in [0.25, 0.3) is 10.0 Å². The highest BCUT2D eigenvalue weighted by Gasteiger charge is 2.25. The number of carbonyl (C=O) groups excluding carboxylic acids is 1. The topological polar surface area (TPSA) is 79.0 Å². The van der Waals surface area contributed by atoms with E-state index in [2.05, 4.69) is 10.3 Å². The van der Waals surface area contributed by atoms with Crippen molar-refractivity contribution in [2.75, 3.05) is 14.1 Å². The molecule has 0 saturated carbocycles. The molecule has 0 aliphatic carbocycles. The summed E-state index contributed by atoms with van der Waals surface area (Å²) in [6.45, 7) is 1.54. The maximum absolute atomic E-state index is 12.2. The molecular weight excluding hydrogens is 334 g/mol. The molecule has 0 unspecified atom stereocenters. The summed E-state index contributed by atoms with van der Waals surface area (Å²) in [4.78, 5) is 16.6. The van der Waals surface area contributed by atoms with E-state index in [-0.39, 0.29) is 9.88 Å². The van der Waals surface area contributed by atoms with Crippen molar-refractivity contribution in [2.24, 2.45) is 0 Å². The number of nitrogens with zero attached hydrogens (tertiary/aromatic N) is 2. The summed E-state index contributed by atoms with van der Waals surface area (Å²) in [5.41, 5.74) is 2.23. The Labute approximate surface area is 133 Å². The molecule has 1 aromatic rings. The third-order valence-corrected chi connectivity index (χ3v) is 5.20. The van der Waals surface area contributed by atoms with Gasteiger partial charge in [-0.2, -0.15) is 0 Å². The molecule has 1 N–H and O–H groups in total. The molecule has 0 radical (unpaired) electrons. The van der Waals surface area contributed by atoms with Gasteiger partial charge >= 0.3 is 6.09 Å². The van der Waals surface area contributed by atoms with Crippen molar-refractivity contribution in [2.45, 2.75) is 11.8 Å². The van der Waals surface area contributed by atoms with Crippen LogP contribution in [0.25, 0.3) is 0 Å². The molecule has 1 rings (SSSR count). The van der Waals surface area contributed by atoms with Crippen molar-refractivity contribution in [3.63, 3.8) is 0 Å². The van der Waals surface area contributed by atoms with Gasteiger partial charge in [0, 0.05) is 14.1 Å². The van der Waals surface area contributed by atoms with Gasteiger partial charge in [-0.15, -0.1) is 3.71 Å². The van der Waals surface area contributed by atoms with Crippen LogP contribution in [0.2, 0.25) is 0 Å². The zero-order valence-corrected chi connectivity index (χ0v) is 14.1. The van der Waals surface area contributed by atoms with Crippen molar-refractivity contribution < 1.29 is 18.0 Å². The van der Waals surface area contributed by atoms with Crippen molar-refractivity contribution in [1.82, 2.24) is 13.5 Å². The Hall–Kier alpha value is -1.36. The molecule has 0 atom stereocenters. The molecule has 0 aromatic heterocycles. The van der Waals surface area contributed by atoms with Crippen LogP contribution in [0.15, 0.2) is 35.2 Å². The third kappa shape index (κ3) is 5.16. The number of carbonyl (C=O) groups is 1. The number of hydrogen-bond donors (Lipinski definition) is 1. The fourth-order valence-corrected chi connectivity index (χ4v) is 3.37. The molecule has 0 spiro atoms. The molecule has 0 bridgehead atoms. The van der Waals surface area contributed by atoms with E-state index >= 15 is 0 Å². The first-order valence-electron chi connectivity index (χ1n) is 5.68. The molecule has 10 heteroatoms. The van der Waals surface area contributed by atoms with Crippen LogP contribution in [0, 0.1) is 0 Å². The van der Waals surface area contributed by atoms with Crippen LogP contribution in [0.1, 0.15) is 6.92 Å². The predicted molar refractivity (Wildman–Crippen MR) is 84.6 cm³/mol. The van der Waals surface area contributed by atoms with Gasteiger partial charge in [-0.1, -0.05) is 30.4 Å². The summed E-state index contributed by atoms with van der Waals surface area (Å²) in [6.07, 6.45) is -0.778. The normalized spacial score (nSPS) is 11.0. The van der Waals surface area contributed by atoms with Crippen molar-refractivity contribution >= 4 is 45.5 Å². The largest absolute Gasteiger partial charge is 0.444 e. The standard InChI is InChI=1S/C11H15N3O4S3/c1-9(19)12-18-11(15)13(2)20-14(3)21(16,17)10-7-5-4-6-8-10/h4-8H,1-3H3,(H,12,19). The Morgan fingerprint density at radius 1 is 1.29 bits per heavy atom. The molecule has 0 aliphatic rings. The minimum Gasteiger partial charge on any atom is -0.323 e. The highest BCUT2D eigenvalue weighted by Crippen LogP contribution is 2.22. The average Bonchev–Trinajstić information content (AvgIpc) is 2.45. The summed E-state index contributed by atoms with van der Waals surface area (Å²) < 4.78 is 26.5. The molecule has 21 heavy (non-hydrogen) atoms. The van der Waals surface area contributed by atoms with Gasteiger partial charge < -0.3 is 4.84 Å². The van der Waals surface area contributed by atoms with Crippen LogP contribution in [0.4, 0.5) is 4.79 Å². The van der Waals surface area contributed by atoms with E-state index in [1.165, 1.54) is 26.2 Å². The van der Waals surface area contributed by atoms with Gasteiger partial charge in [-0.3, -0.25) is 0 Å². The summed E-state index contributed by atoms with van der Waals surface area (Å²) >= 11 is 5.37. The summed E-state index contributed by atoms with van der Waals surface area (Å²) in [5, 5.41) is 0. The van der Waals surface area contributed by atoms with Crippen LogP contribution in [-0.4, -0.2) is 41.6 Å². The van der Waals surface area contributed by atoms with Crippen molar-refractivity contribution in [3.05, 3.63) is 30.3 Å². The lowest BCUT2D eigenvalue weighted by molar-refractivity contribution is 0.107. The van der Waals surface area contributed by atoms with E-state index in [4.69, 9.17) is 12.2 Å². The Morgan fingerprint density at radius 2 is 1.86 bits per heavy atom. The molecule has 0 heterocycles.